The van der Waals surface area contributed by atoms with E-state index in [-0.39, 0.29) is 0 Å². The van der Waals surface area contributed by atoms with E-state index in [1.807, 2.05) is 26.0 Å². The van der Waals surface area contributed by atoms with Crippen LogP contribution in [0.5, 0.6) is 0 Å². The van der Waals surface area contributed by atoms with E-state index in [4.69, 9.17) is 14.8 Å². The fourth-order valence-corrected chi connectivity index (χ4v) is 4.32. The van der Waals surface area contributed by atoms with Crippen molar-refractivity contribution in [1.29, 1.82) is 0 Å². The predicted molar refractivity (Wildman–Crippen MR) is 123 cm³/mol. The molecule has 0 saturated carbocycles. The number of hydrogen-bond donors (Lipinski definition) is 5. The van der Waals surface area contributed by atoms with Crippen LogP contribution in [0, 0.1) is 27.7 Å². The number of nitrogens with two attached hydrogens (primary N) is 1. The smallest absolute Gasteiger partial charge is 0.293 e. The highest BCUT2D eigenvalue weighted by Gasteiger charge is 2.29. The van der Waals surface area contributed by atoms with E-state index in [1.165, 1.54) is 0 Å². The molecule has 2 unspecified atom stereocenters. The molecule has 0 aliphatic carbocycles. The molecule has 0 heterocycles. The Bertz CT molecular complexity index is 1140. The van der Waals surface area contributed by atoms with Gasteiger partial charge in [0, 0.05) is 11.4 Å². The third kappa shape index (κ3) is 5.97. The lowest BCUT2D eigenvalue weighted by atomic mass is 9.95. The number of nitrogens with zero attached hydrogens (tertiary/aromatic N) is 1. The quantitative estimate of drug-likeness (QED) is 0.269. The summed E-state index contributed by atoms with van der Waals surface area (Å²) in [6.07, 6.45) is 0. The zero-order chi connectivity index (χ0) is 24.6. The van der Waals surface area contributed by atoms with Crippen LogP contribution in [0.3, 0.4) is 0 Å². The van der Waals surface area contributed by atoms with Gasteiger partial charge in [0.2, 0.25) is 0 Å². The van der Waals surface area contributed by atoms with E-state index in [1.54, 1.807) is 26.0 Å². The standard InChI is InChI=1S/C20H28N2O8S2/c1-11-5-15(6-12(2)19(11)21)16-7-13(3)20(14(4)8-16)22(9-17(23)31(25,26)27)10-18(24)32(28,29)30/h5-8,17-18,23-24H,9-10,21H2,1-4H3,(H,25,26,27)(H,28,29,30). The van der Waals surface area contributed by atoms with Crippen molar-refractivity contribution in [3.63, 3.8) is 0 Å². The maximum absolute atomic E-state index is 11.3. The molecule has 0 aliphatic rings. The maximum atomic E-state index is 11.3. The molecule has 0 radical (unpaired) electrons. The number of benzene rings is 2. The van der Waals surface area contributed by atoms with Gasteiger partial charge in [-0.15, -0.1) is 0 Å². The van der Waals surface area contributed by atoms with Crippen molar-refractivity contribution in [3.8, 4) is 11.1 Å². The molecule has 0 amide bonds. The Labute approximate surface area is 187 Å². The van der Waals surface area contributed by atoms with Crippen molar-refractivity contribution in [2.24, 2.45) is 0 Å². The minimum Gasteiger partial charge on any atom is -0.398 e. The van der Waals surface area contributed by atoms with Gasteiger partial charge in [0.1, 0.15) is 0 Å². The third-order valence-electron chi connectivity index (χ3n) is 5.18. The van der Waals surface area contributed by atoms with Crippen LogP contribution in [0.1, 0.15) is 22.3 Å². The molecular formula is C20H28N2O8S2. The first-order valence-electron chi connectivity index (χ1n) is 9.54. The maximum Gasteiger partial charge on any atom is 0.293 e. The second-order valence-corrected chi connectivity index (χ2v) is 11.0. The minimum absolute atomic E-state index is 0.336. The summed E-state index contributed by atoms with van der Waals surface area (Å²) in [6.45, 7) is 5.66. The molecular weight excluding hydrogens is 460 g/mol. The highest BCUT2D eigenvalue weighted by molar-refractivity contribution is 7.86. The Hall–Kier alpha value is -2.22. The molecule has 6 N–H and O–H groups in total. The fourth-order valence-electron chi connectivity index (χ4n) is 3.59. The number of aryl methyl sites for hydroxylation is 4. The molecule has 0 saturated heterocycles. The predicted octanol–water partition coefficient (Wildman–Crippen LogP) is 1.39. The zero-order valence-electron chi connectivity index (χ0n) is 18.1. The lowest BCUT2D eigenvalue weighted by molar-refractivity contribution is 0.217. The highest BCUT2D eigenvalue weighted by atomic mass is 32.2. The molecule has 2 aromatic rings. The second kappa shape index (κ2) is 9.33. The molecule has 32 heavy (non-hydrogen) atoms. The summed E-state index contributed by atoms with van der Waals surface area (Å²) in [4.78, 5) is 1.09. The number of aliphatic hydroxyl groups is 2. The van der Waals surface area contributed by atoms with Crippen LogP contribution in [-0.2, 0) is 20.2 Å². The first kappa shape index (κ1) is 26.0. The Morgan fingerprint density at radius 1 is 0.750 bits per heavy atom. The largest absolute Gasteiger partial charge is 0.398 e. The van der Waals surface area contributed by atoms with Crippen molar-refractivity contribution >= 4 is 31.6 Å². The third-order valence-corrected chi connectivity index (χ3v) is 6.85. The van der Waals surface area contributed by atoms with E-state index in [0.717, 1.165) is 27.2 Å². The number of hydrogen-bond acceptors (Lipinski definition) is 8. The van der Waals surface area contributed by atoms with E-state index in [0.29, 0.717) is 22.5 Å². The molecule has 0 spiro atoms. The molecule has 0 bridgehead atoms. The van der Waals surface area contributed by atoms with Gasteiger partial charge >= 0.3 is 0 Å². The summed E-state index contributed by atoms with van der Waals surface area (Å²) in [7, 11) is -9.72. The van der Waals surface area contributed by atoms with Gasteiger partial charge in [-0.25, -0.2) is 0 Å². The van der Waals surface area contributed by atoms with Crippen molar-refractivity contribution in [2.45, 2.75) is 38.6 Å². The Morgan fingerprint density at radius 2 is 1.06 bits per heavy atom. The van der Waals surface area contributed by atoms with Crippen LogP contribution in [0.15, 0.2) is 24.3 Å². The normalized spacial score (nSPS) is 14.2. The number of anilines is 2. The highest BCUT2D eigenvalue weighted by Crippen LogP contribution is 2.33. The van der Waals surface area contributed by atoms with Crippen LogP contribution in [-0.4, -0.2) is 60.1 Å². The first-order valence-corrected chi connectivity index (χ1v) is 12.5. The lowest BCUT2D eigenvalue weighted by Gasteiger charge is -2.31. The van der Waals surface area contributed by atoms with Gasteiger partial charge in [-0.1, -0.05) is 0 Å². The van der Waals surface area contributed by atoms with E-state index in [2.05, 4.69) is 0 Å². The Morgan fingerprint density at radius 3 is 1.38 bits per heavy atom. The van der Waals surface area contributed by atoms with Crippen molar-refractivity contribution in [3.05, 3.63) is 46.5 Å². The fraction of sp³-hybridized carbons (Fsp3) is 0.400. The van der Waals surface area contributed by atoms with Crippen molar-refractivity contribution in [2.75, 3.05) is 23.7 Å². The van der Waals surface area contributed by atoms with Crippen LogP contribution in [0.25, 0.3) is 11.1 Å². The summed E-state index contributed by atoms with van der Waals surface area (Å²) in [5.74, 6) is 0. The summed E-state index contributed by atoms with van der Waals surface area (Å²) >= 11 is 0. The lowest BCUT2D eigenvalue weighted by Crippen LogP contribution is -2.43. The van der Waals surface area contributed by atoms with Crippen LogP contribution < -0.4 is 10.6 Å². The topological polar surface area (TPSA) is 178 Å². The number of rotatable bonds is 8. The zero-order valence-corrected chi connectivity index (χ0v) is 19.8. The van der Waals surface area contributed by atoms with Crippen molar-refractivity contribution < 1.29 is 36.2 Å². The monoisotopic (exact) mass is 488 g/mol. The molecule has 2 aromatic carbocycles. The molecule has 178 valence electrons. The second-order valence-electron chi connectivity index (χ2n) is 7.83. The van der Waals surface area contributed by atoms with Gasteiger partial charge in [0.15, 0.2) is 10.9 Å². The summed E-state index contributed by atoms with van der Waals surface area (Å²) in [6, 6.07) is 7.38. The van der Waals surface area contributed by atoms with E-state index >= 15 is 0 Å². The van der Waals surface area contributed by atoms with E-state index < -0.39 is 44.2 Å². The molecule has 0 aliphatic heterocycles. The van der Waals surface area contributed by atoms with E-state index in [9.17, 15) is 27.0 Å². The summed E-state index contributed by atoms with van der Waals surface area (Å²) < 4.78 is 63.6. The Balaban J connectivity index is 2.58. The molecule has 0 aromatic heterocycles. The summed E-state index contributed by atoms with van der Waals surface area (Å²) in [5, 5.41) is 19.7. The average molecular weight is 489 g/mol. The Kier molecular flexibility index (Phi) is 7.59. The van der Waals surface area contributed by atoms with Crippen LogP contribution in [0.2, 0.25) is 0 Å². The van der Waals surface area contributed by atoms with Crippen LogP contribution >= 0.6 is 0 Å². The van der Waals surface area contributed by atoms with Gasteiger partial charge in [-0.3, -0.25) is 9.11 Å². The summed E-state index contributed by atoms with van der Waals surface area (Å²) in [5.41, 5.74) is 7.17. The first-order chi connectivity index (χ1) is 14.5. The van der Waals surface area contributed by atoms with Gasteiger partial charge in [-0.2, -0.15) is 16.8 Å². The molecule has 2 rings (SSSR count). The van der Waals surface area contributed by atoms with Gasteiger partial charge in [0.05, 0.1) is 13.1 Å². The molecule has 2 atom stereocenters. The van der Waals surface area contributed by atoms with Gasteiger partial charge < -0.3 is 20.8 Å². The SMILES string of the molecule is Cc1cc(-c2cc(C)c(N(CC(O)S(=O)(=O)O)CC(O)S(=O)(=O)O)c(C)c2)cc(C)c1N. The van der Waals surface area contributed by atoms with Crippen LogP contribution in [0.4, 0.5) is 11.4 Å². The minimum atomic E-state index is -4.86. The van der Waals surface area contributed by atoms with Gasteiger partial charge in [-0.05, 0) is 85.3 Å². The van der Waals surface area contributed by atoms with Crippen molar-refractivity contribution in [1.82, 2.24) is 0 Å². The molecule has 0 fully saturated rings. The molecule has 12 heteroatoms. The van der Waals surface area contributed by atoms with Gasteiger partial charge in [0.25, 0.3) is 20.2 Å². The number of nitrogen functional groups attached to an aromatic ring is 1. The average Bonchev–Trinajstić information content (AvgIpc) is 2.63. The number of aliphatic hydroxyl groups excluding tert-OH is 2. The molecule has 10 nitrogen and oxygen atoms in total.